The van der Waals surface area contributed by atoms with Crippen molar-refractivity contribution in [3.05, 3.63) is 12.3 Å². The second-order valence-electron chi connectivity index (χ2n) is 3.69. The molecular formula is C12H23N3O. The Morgan fingerprint density at radius 1 is 1.38 bits per heavy atom. The lowest BCUT2D eigenvalue weighted by Gasteiger charge is -2.04. The van der Waals surface area contributed by atoms with E-state index in [1.807, 2.05) is 19.9 Å². The molecule has 16 heavy (non-hydrogen) atoms. The van der Waals surface area contributed by atoms with Crippen molar-refractivity contribution < 1.29 is 4.79 Å². The molecule has 0 heterocycles. The molecule has 0 spiro atoms. The van der Waals surface area contributed by atoms with Gasteiger partial charge in [-0.2, -0.15) is 0 Å². The van der Waals surface area contributed by atoms with Gasteiger partial charge in [-0.15, -0.1) is 0 Å². The highest BCUT2D eigenvalue weighted by molar-refractivity contribution is 5.82. The lowest BCUT2D eigenvalue weighted by molar-refractivity contribution is -0.121. The zero-order chi connectivity index (χ0) is 12.2. The van der Waals surface area contributed by atoms with Gasteiger partial charge in [-0.3, -0.25) is 9.79 Å². The molecule has 0 aliphatic rings. The molecule has 0 bridgehead atoms. The number of aliphatic imine (C=N–C) groups is 1. The normalized spacial score (nSPS) is 12.1. The minimum absolute atomic E-state index is 0.0912. The molecule has 1 amide bonds. The van der Waals surface area contributed by atoms with Gasteiger partial charge in [0, 0.05) is 24.9 Å². The minimum atomic E-state index is 0.0912. The Balaban J connectivity index is 3.49. The SMILES string of the molecule is C/C=C\N=C(/C)CCCNC(=O)CCCN. The van der Waals surface area contributed by atoms with Crippen molar-refractivity contribution in [2.24, 2.45) is 10.7 Å². The molecule has 0 aliphatic carbocycles. The zero-order valence-electron chi connectivity index (χ0n) is 10.3. The Kier molecular flexibility index (Phi) is 9.61. The molecule has 4 nitrogen and oxygen atoms in total. The van der Waals surface area contributed by atoms with Crippen molar-refractivity contribution in [2.45, 2.75) is 39.5 Å². The molecule has 0 atom stereocenters. The van der Waals surface area contributed by atoms with Crippen LogP contribution < -0.4 is 11.1 Å². The van der Waals surface area contributed by atoms with E-state index in [1.165, 1.54) is 0 Å². The van der Waals surface area contributed by atoms with Crippen LogP contribution in [0, 0.1) is 0 Å². The number of allylic oxidation sites excluding steroid dienone is 1. The fraction of sp³-hybridized carbons (Fsp3) is 0.667. The van der Waals surface area contributed by atoms with E-state index in [4.69, 9.17) is 5.73 Å². The third-order valence-corrected chi connectivity index (χ3v) is 2.09. The third-order valence-electron chi connectivity index (χ3n) is 2.09. The first-order valence-electron chi connectivity index (χ1n) is 5.82. The van der Waals surface area contributed by atoms with E-state index in [-0.39, 0.29) is 5.91 Å². The van der Waals surface area contributed by atoms with Gasteiger partial charge in [0.2, 0.25) is 5.91 Å². The van der Waals surface area contributed by atoms with Gasteiger partial charge in [-0.05, 0) is 39.7 Å². The van der Waals surface area contributed by atoms with Crippen molar-refractivity contribution in [3.63, 3.8) is 0 Å². The number of nitrogens with one attached hydrogen (secondary N) is 1. The van der Waals surface area contributed by atoms with E-state index < -0.39 is 0 Å². The monoisotopic (exact) mass is 225 g/mol. The first kappa shape index (κ1) is 14.8. The van der Waals surface area contributed by atoms with Crippen LogP contribution in [0.4, 0.5) is 0 Å². The van der Waals surface area contributed by atoms with Crippen molar-refractivity contribution in [2.75, 3.05) is 13.1 Å². The Labute approximate surface area is 98.0 Å². The maximum absolute atomic E-state index is 11.2. The van der Waals surface area contributed by atoms with Crippen molar-refractivity contribution in [1.29, 1.82) is 0 Å². The number of carbonyl (C=O) groups is 1. The smallest absolute Gasteiger partial charge is 0.220 e. The molecular weight excluding hydrogens is 202 g/mol. The molecule has 0 saturated carbocycles. The van der Waals surface area contributed by atoms with Crippen molar-refractivity contribution in [3.8, 4) is 0 Å². The van der Waals surface area contributed by atoms with Gasteiger partial charge in [0.1, 0.15) is 0 Å². The lowest BCUT2D eigenvalue weighted by atomic mass is 10.2. The first-order chi connectivity index (χ1) is 7.70. The molecule has 0 aromatic rings. The molecule has 0 saturated heterocycles. The molecule has 3 N–H and O–H groups in total. The summed E-state index contributed by atoms with van der Waals surface area (Å²) in [7, 11) is 0. The Hall–Kier alpha value is -1.16. The molecule has 0 aromatic heterocycles. The summed E-state index contributed by atoms with van der Waals surface area (Å²) in [5.74, 6) is 0.0912. The Bertz CT molecular complexity index is 247. The molecule has 0 fully saturated rings. The number of hydrogen-bond donors (Lipinski definition) is 2. The summed E-state index contributed by atoms with van der Waals surface area (Å²) < 4.78 is 0. The van der Waals surface area contributed by atoms with Gasteiger partial charge in [-0.25, -0.2) is 0 Å². The van der Waals surface area contributed by atoms with E-state index in [0.717, 1.165) is 25.0 Å². The van der Waals surface area contributed by atoms with Crippen molar-refractivity contribution in [1.82, 2.24) is 5.32 Å². The van der Waals surface area contributed by atoms with Crippen LogP contribution in [-0.2, 0) is 4.79 Å². The molecule has 92 valence electrons. The maximum Gasteiger partial charge on any atom is 0.220 e. The fourth-order valence-corrected chi connectivity index (χ4v) is 1.19. The number of nitrogens with two attached hydrogens (primary N) is 1. The topological polar surface area (TPSA) is 67.5 Å². The van der Waals surface area contributed by atoms with Gasteiger partial charge >= 0.3 is 0 Å². The summed E-state index contributed by atoms with van der Waals surface area (Å²) >= 11 is 0. The van der Waals surface area contributed by atoms with E-state index in [1.54, 1.807) is 6.20 Å². The first-order valence-corrected chi connectivity index (χ1v) is 5.82. The fourth-order valence-electron chi connectivity index (χ4n) is 1.19. The average molecular weight is 225 g/mol. The number of nitrogens with zero attached hydrogens (tertiary/aromatic N) is 1. The molecule has 0 aromatic carbocycles. The van der Waals surface area contributed by atoms with Crippen LogP contribution in [0.25, 0.3) is 0 Å². The number of carbonyl (C=O) groups excluding carboxylic acids is 1. The van der Waals surface area contributed by atoms with Gasteiger partial charge in [0.05, 0.1) is 0 Å². The summed E-state index contributed by atoms with van der Waals surface area (Å²) in [5.41, 5.74) is 6.41. The summed E-state index contributed by atoms with van der Waals surface area (Å²) in [6, 6.07) is 0. The molecule has 4 heteroatoms. The van der Waals surface area contributed by atoms with Gasteiger partial charge in [0.25, 0.3) is 0 Å². The second kappa shape index (κ2) is 10.4. The van der Waals surface area contributed by atoms with Crippen LogP contribution in [0.2, 0.25) is 0 Å². The lowest BCUT2D eigenvalue weighted by Crippen LogP contribution is -2.25. The molecule has 0 radical (unpaired) electrons. The summed E-state index contributed by atoms with van der Waals surface area (Å²) in [4.78, 5) is 15.4. The highest BCUT2D eigenvalue weighted by Crippen LogP contribution is 1.93. The minimum Gasteiger partial charge on any atom is -0.356 e. The summed E-state index contributed by atoms with van der Waals surface area (Å²) in [5, 5.41) is 2.86. The highest BCUT2D eigenvalue weighted by Gasteiger charge is 1.99. The zero-order valence-corrected chi connectivity index (χ0v) is 10.3. The largest absolute Gasteiger partial charge is 0.356 e. The second-order valence-corrected chi connectivity index (χ2v) is 3.69. The summed E-state index contributed by atoms with van der Waals surface area (Å²) in [6.07, 6.45) is 6.83. The Morgan fingerprint density at radius 3 is 2.75 bits per heavy atom. The number of rotatable bonds is 8. The highest BCUT2D eigenvalue weighted by atomic mass is 16.1. The molecule has 0 aliphatic heterocycles. The van der Waals surface area contributed by atoms with Gasteiger partial charge < -0.3 is 11.1 Å². The van der Waals surface area contributed by atoms with Gasteiger partial charge in [0.15, 0.2) is 0 Å². The molecule has 0 unspecified atom stereocenters. The quantitative estimate of drug-likeness (QED) is 0.487. The summed E-state index contributed by atoms with van der Waals surface area (Å²) in [6.45, 7) is 5.22. The van der Waals surface area contributed by atoms with Crippen molar-refractivity contribution >= 4 is 11.6 Å². The Morgan fingerprint density at radius 2 is 2.12 bits per heavy atom. The van der Waals surface area contributed by atoms with Crippen LogP contribution in [0.1, 0.15) is 39.5 Å². The number of amides is 1. The van der Waals surface area contributed by atoms with E-state index in [9.17, 15) is 4.79 Å². The van der Waals surface area contributed by atoms with Gasteiger partial charge in [-0.1, -0.05) is 6.08 Å². The third kappa shape index (κ3) is 9.40. The van der Waals surface area contributed by atoms with Crippen LogP contribution in [0.15, 0.2) is 17.3 Å². The molecule has 0 rings (SSSR count). The van der Waals surface area contributed by atoms with E-state index >= 15 is 0 Å². The van der Waals surface area contributed by atoms with Crippen LogP contribution in [0.3, 0.4) is 0 Å². The average Bonchev–Trinajstić information content (AvgIpc) is 2.29. The predicted octanol–water partition coefficient (Wildman–Crippen LogP) is 1.62. The standard InChI is InChI=1S/C12H23N3O/c1-3-9-14-11(2)6-5-10-15-12(16)7-4-8-13/h3,9H,4-8,10,13H2,1-2H3,(H,15,16)/b9-3-,14-11+. The van der Waals surface area contributed by atoms with Crippen LogP contribution in [-0.4, -0.2) is 24.7 Å². The predicted molar refractivity (Wildman–Crippen MR) is 68.5 cm³/mol. The maximum atomic E-state index is 11.2. The van der Waals surface area contributed by atoms with Crippen LogP contribution in [0.5, 0.6) is 0 Å². The number of hydrogen-bond acceptors (Lipinski definition) is 3. The van der Waals surface area contributed by atoms with E-state index in [0.29, 0.717) is 19.5 Å². The van der Waals surface area contributed by atoms with Crippen LogP contribution >= 0.6 is 0 Å². The van der Waals surface area contributed by atoms with E-state index in [2.05, 4.69) is 10.3 Å².